The Labute approximate surface area is 130 Å². The highest BCUT2D eigenvalue weighted by atomic mass is 31.2. The summed E-state index contributed by atoms with van der Waals surface area (Å²) < 4.78 is 28.6. The van der Waals surface area contributed by atoms with Crippen molar-refractivity contribution in [2.24, 2.45) is 0 Å². The topological polar surface area (TPSA) is 155 Å². The molecule has 12 heteroatoms. The van der Waals surface area contributed by atoms with Crippen LogP contribution in [0.15, 0.2) is 12.7 Å². The van der Waals surface area contributed by atoms with Crippen molar-refractivity contribution in [2.45, 2.75) is 18.4 Å². The first-order valence-corrected chi connectivity index (χ1v) is 8.41. The maximum absolute atomic E-state index is 11.7. The summed E-state index contributed by atoms with van der Waals surface area (Å²) in [6.07, 6.45) is 1.19. The van der Waals surface area contributed by atoms with E-state index in [1.807, 2.05) is 0 Å². The molecule has 23 heavy (non-hydrogen) atoms. The molecule has 1 unspecified atom stereocenters. The van der Waals surface area contributed by atoms with E-state index >= 15 is 0 Å². The fraction of sp³-hybridized carbons (Fsp3) is 0.545. The number of hydrogen-bond donors (Lipinski definition) is 3. The molecule has 0 aromatic carbocycles. The highest BCUT2D eigenvalue weighted by Crippen LogP contribution is 2.44. The predicted molar refractivity (Wildman–Crippen MR) is 77.1 cm³/mol. The van der Waals surface area contributed by atoms with Gasteiger partial charge < -0.3 is 29.7 Å². The van der Waals surface area contributed by atoms with Crippen molar-refractivity contribution in [3.8, 4) is 0 Å². The minimum Gasteiger partial charge on any atom is -0.390 e. The Morgan fingerprint density at radius 2 is 2.35 bits per heavy atom. The van der Waals surface area contributed by atoms with Gasteiger partial charge >= 0.3 is 7.60 Å². The molecule has 2 aromatic heterocycles. The molecule has 2 aromatic rings. The lowest BCUT2D eigenvalue weighted by Gasteiger charge is -2.30. The number of aliphatic hydroxyl groups excluding tert-OH is 1. The van der Waals surface area contributed by atoms with Gasteiger partial charge in [0.2, 0.25) is 0 Å². The number of hydrogen-bond acceptors (Lipinski definition) is 9. The molecule has 0 radical (unpaired) electrons. The van der Waals surface area contributed by atoms with Crippen LogP contribution in [0.4, 0.5) is 5.82 Å². The van der Waals surface area contributed by atoms with Crippen LogP contribution >= 0.6 is 7.60 Å². The summed E-state index contributed by atoms with van der Waals surface area (Å²) in [7, 11) is -2.84. The second-order valence-electron chi connectivity index (χ2n) is 5.02. The van der Waals surface area contributed by atoms with Gasteiger partial charge in [-0.25, -0.2) is 15.0 Å². The summed E-state index contributed by atoms with van der Waals surface area (Å²) in [5.74, 6) is -1.36. The molecule has 11 nitrogen and oxygen atoms in total. The molecule has 0 saturated carbocycles. The largest absolute Gasteiger partial charge is 0.390 e. The minimum atomic E-state index is -3.93. The molecule has 3 heterocycles. The average Bonchev–Trinajstić information content (AvgIpc) is 3.11. The zero-order valence-corrected chi connectivity index (χ0v) is 13.1. The maximum Gasteiger partial charge on any atom is 0.353 e. The van der Waals surface area contributed by atoms with E-state index in [-0.39, 0.29) is 18.8 Å². The van der Waals surface area contributed by atoms with E-state index in [9.17, 15) is 14.6 Å². The number of aliphatic hydroxyl groups is 1. The Morgan fingerprint density at radius 1 is 1.57 bits per heavy atom. The summed E-state index contributed by atoms with van der Waals surface area (Å²) in [5, 5.41) is 9.82. The number of aromatic nitrogens is 4. The summed E-state index contributed by atoms with van der Waals surface area (Å²) in [6.45, 7) is -0.0110. The third-order valence-corrected chi connectivity index (χ3v) is 4.49. The summed E-state index contributed by atoms with van der Waals surface area (Å²) in [5.41, 5.74) is 6.39. The molecule has 3 rings (SSSR count). The monoisotopic (exact) mass is 345 g/mol. The lowest BCUT2D eigenvalue weighted by Crippen LogP contribution is -2.36. The smallest absolute Gasteiger partial charge is 0.353 e. The molecule has 0 spiro atoms. The predicted octanol–water partition coefficient (Wildman–Crippen LogP) is -0.394. The molecule has 0 amide bonds. The van der Waals surface area contributed by atoms with E-state index < -0.39 is 26.0 Å². The van der Waals surface area contributed by atoms with E-state index in [0.29, 0.717) is 11.2 Å². The van der Waals surface area contributed by atoms with Gasteiger partial charge in [-0.15, -0.1) is 0 Å². The van der Waals surface area contributed by atoms with E-state index in [1.54, 1.807) is 0 Å². The second kappa shape index (κ2) is 5.78. The molecule has 1 fully saturated rings. The Morgan fingerprint density at radius 3 is 3.00 bits per heavy atom. The van der Waals surface area contributed by atoms with Crippen molar-refractivity contribution in [3.63, 3.8) is 0 Å². The van der Waals surface area contributed by atoms with Gasteiger partial charge in [-0.1, -0.05) is 0 Å². The van der Waals surface area contributed by atoms with E-state index in [2.05, 4.69) is 19.5 Å². The van der Waals surface area contributed by atoms with Crippen LogP contribution < -0.4 is 5.73 Å². The number of nitrogens with zero attached hydrogens (tertiary/aromatic N) is 4. The van der Waals surface area contributed by atoms with Gasteiger partial charge in [0.1, 0.15) is 18.2 Å². The molecule has 0 aliphatic carbocycles. The highest BCUT2D eigenvalue weighted by Gasteiger charge is 2.46. The van der Waals surface area contributed by atoms with Crippen LogP contribution in [0.3, 0.4) is 0 Å². The lowest BCUT2D eigenvalue weighted by atomic mass is 10.2. The molecule has 0 bridgehead atoms. The normalized spacial score (nSPS) is 27.3. The molecule has 1 aliphatic heterocycles. The fourth-order valence-corrected chi connectivity index (χ4v) is 2.79. The molecular weight excluding hydrogens is 329 g/mol. The summed E-state index contributed by atoms with van der Waals surface area (Å²) in [6, 6.07) is 0. The Balaban J connectivity index is 2.02. The quantitative estimate of drug-likeness (QED) is 0.610. The zero-order chi connectivity index (χ0) is 16.7. The van der Waals surface area contributed by atoms with Crippen molar-refractivity contribution in [1.29, 1.82) is 0 Å². The van der Waals surface area contributed by atoms with Crippen LogP contribution in [-0.4, -0.2) is 55.7 Å². The first kappa shape index (κ1) is 16.2. The third kappa shape index (κ3) is 2.94. The minimum absolute atomic E-state index is 0.0110. The van der Waals surface area contributed by atoms with E-state index in [1.165, 1.54) is 17.2 Å². The average molecular weight is 345 g/mol. The van der Waals surface area contributed by atoms with Crippen LogP contribution in [0.1, 0.15) is 6.42 Å². The van der Waals surface area contributed by atoms with Gasteiger partial charge in [-0.2, -0.15) is 0 Å². The van der Waals surface area contributed by atoms with Gasteiger partial charge in [0.25, 0.3) is 5.91 Å². The van der Waals surface area contributed by atoms with E-state index in [4.69, 9.17) is 15.2 Å². The molecule has 1 saturated heterocycles. The van der Waals surface area contributed by atoms with Crippen molar-refractivity contribution >= 4 is 24.6 Å². The molecule has 3 atom stereocenters. The van der Waals surface area contributed by atoms with E-state index in [0.717, 1.165) is 7.11 Å². The van der Waals surface area contributed by atoms with Crippen molar-refractivity contribution in [1.82, 2.24) is 19.5 Å². The molecule has 4 N–H and O–H groups in total. The highest BCUT2D eigenvalue weighted by molar-refractivity contribution is 7.52. The van der Waals surface area contributed by atoms with Gasteiger partial charge in [0, 0.05) is 7.11 Å². The van der Waals surface area contributed by atoms with Crippen molar-refractivity contribution in [2.75, 3.05) is 25.8 Å². The number of ether oxygens (including phenoxy) is 2. The number of imidazole rings is 1. The van der Waals surface area contributed by atoms with Crippen molar-refractivity contribution in [3.05, 3.63) is 12.7 Å². The van der Waals surface area contributed by atoms with Crippen LogP contribution in [0, 0.1) is 0 Å². The Kier molecular flexibility index (Phi) is 4.08. The summed E-state index contributed by atoms with van der Waals surface area (Å²) in [4.78, 5) is 21.6. The third-order valence-electron chi connectivity index (χ3n) is 3.46. The number of nitrogens with two attached hydrogens (primary N) is 1. The number of rotatable bonds is 5. The second-order valence-corrected chi connectivity index (χ2v) is 6.92. The zero-order valence-electron chi connectivity index (χ0n) is 12.2. The number of anilines is 1. The standard InChI is InChI=1S/C11H16N5O6P/c1-20-23(18,19)6-22-11(2-7(17)3-21-11)16-5-15-8-9(12)13-4-14-10(8)16/h4-5,7,17H,2-3,6H2,1H3,(H,18,19)(H2,12,13,14)/t7-,11-/m0/s1. The van der Waals surface area contributed by atoms with Gasteiger partial charge in [-0.3, -0.25) is 9.13 Å². The van der Waals surface area contributed by atoms with Crippen LogP contribution in [-0.2, 0) is 24.5 Å². The number of fused-ring (bicyclic) bond motifs is 1. The molecule has 126 valence electrons. The van der Waals surface area contributed by atoms with Crippen LogP contribution in [0.5, 0.6) is 0 Å². The maximum atomic E-state index is 11.7. The van der Waals surface area contributed by atoms with Crippen molar-refractivity contribution < 1.29 is 28.6 Å². The van der Waals surface area contributed by atoms with Gasteiger partial charge in [-0.05, 0) is 0 Å². The first-order chi connectivity index (χ1) is 10.9. The molecular formula is C11H16N5O6P. The molecule has 1 aliphatic rings. The summed E-state index contributed by atoms with van der Waals surface area (Å²) >= 11 is 0. The van der Waals surface area contributed by atoms with Gasteiger partial charge in [0.15, 0.2) is 17.8 Å². The first-order valence-electron chi connectivity index (χ1n) is 6.64. The Hall–Kier alpha value is -1.62. The van der Waals surface area contributed by atoms with Crippen LogP contribution in [0.2, 0.25) is 0 Å². The van der Waals surface area contributed by atoms with Gasteiger partial charge in [0.05, 0.1) is 19.1 Å². The SMILES string of the molecule is COP(=O)(O)CO[C@]1(n2cnc3c(N)ncnc32)C[C@H](O)CO1. The Bertz CT molecular complexity index is 768. The fourth-order valence-electron chi connectivity index (χ4n) is 2.32. The van der Waals surface area contributed by atoms with Crippen LogP contribution in [0.25, 0.3) is 11.2 Å². The number of nitrogen functional groups attached to an aromatic ring is 1. The lowest BCUT2D eigenvalue weighted by molar-refractivity contribution is -0.259.